The number of nitrogens with zero attached hydrogens (tertiary/aromatic N) is 3. The summed E-state index contributed by atoms with van der Waals surface area (Å²) in [4.78, 5) is 15.2. The van der Waals surface area contributed by atoms with Crippen LogP contribution >= 0.6 is 11.3 Å². The first-order valence-corrected chi connectivity index (χ1v) is 16.1. The highest BCUT2D eigenvalue weighted by Gasteiger charge is 2.16. The van der Waals surface area contributed by atoms with Crippen molar-refractivity contribution in [2.45, 2.75) is 6.92 Å². The van der Waals surface area contributed by atoms with Crippen molar-refractivity contribution >= 4 is 61.2 Å². The summed E-state index contributed by atoms with van der Waals surface area (Å²) in [5.74, 6) is 1.95. The van der Waals surface area contributed by atoms with Crippen molar-refractivity contribution in [1.82, 2.24) is 15.0 Å². The van der Waals surface area contributed by atoms with Crippen molar-refractivity contribution in [3.8, 4) is 34.2 Å². The van der Waals surface area contributed by atoms with Crippen molar-refractivity contribution in [3.05, 3.63) is 155 Å². The molecule has 2 aromatic heterocycles. The summed E-state index contributed by atoms with van der Waals surface area (Å²) in [6.07, 6.45) is 4.39. The molecular weight excluding hydrogens is 579 g/mol. The largest absolute Gasteiger partial charge is 0.208 e. The van der Waals surface area contributed by atoms with E-state index in [9.17, 15) is 0 Å². The molecule has 0 radical (unpaired) electrons. The molecule has 0 amide bonds. The summed E-state index contributed by atoms with van der Waals surface area (Å²) in [6.45, 7) is 6.48. The third kappa shape index (κ3) is 5.19. The minimum atomic E-state index is 0.649. The maximum atomic E-state index is 5.13. The topological polar surface area (TPSA) is 38.7 Å². The van der Waals surface area contributed by atoms with Crippen LogP contribution in [0.15, 0.2) is 140 Å². The Kier molecular flexibility index (Phi) is 7.05. The summed E-state index contributed by atoms with van der Waals surface area (Å²) in [6, 6.07) is 46.3. The van der Waals surface area contributed by atoms with Gasteiger partial charge in [0.1, 0.15) is 0 Å². The van der Waals surface area contributed by atoms with Crippen molar-refractivity contribution in [3.63, 3.8) is 0 Å². The number of benzene rings is 6. The number of allylic oxidation sites excluding steroid dienone is 2. The molecule has 0 aliphatic carbocycles. The molecule has 6 aromatic carbocycles. The van der Waals surface area contributed by atoms with Gasteiger partial charge in [0.05, 0.1) is 0 Å². The molecule has 218 valence electrons. The van der Waals surface area contributed by atoms with E-state index in [-0.39, 0.29) is 0 Å². The molecular formula is C42H29N3S. The first-order valence-electron chi connectivity index (χ1n) is 15.3. The molecule has 46 heavy (non-hydrogen) atoms. The van der Waals surface area contributed by atoms with Crippen LogP contribution < -0.4 is 9.75 Å². The minimum Gasteiger partial charge on any atom is -0.208 e. The quantitative estimate of drug-likeness (QED) is 0.196. The summed E-state index contributed by atoms with van der Waals surface area (Å²) >= 11 is 1.73. The zero-order chi connectivity index (χ0) is 31.0. The van der Waals surface area contributed by atoms with Gasteiger partial charge in [-0.3, -0.25) is 0 Å². The third-order valence-corrected chi connectivity index (χ3v) is 9.49. The average molecular weight is 608 g/mol. The number of rotatable bonds is 5. The Labute approximate surface area is 271 Å². The van der Waals surface area contributed by atoms with Crippen molar-refractivity contribution in [2.24, 2.45) is 0 Å². The lowest BCUT2D eigenvalue weighted by Crippen LogP contribution is -2.15. The molecule has 0 aliphatic heterocycles. The fourth-order valence-corrected chi connectivity index (χ4v) is 6.98. The van der Waals surface area contributed by atoms with Gasteiger partial charge in [-0.05, 0) is 69.1 Å². The third-order valence-electron chi connectivity index (χ3n) is 8.44. The number of aromatic nitrogens is 3. The Morgan fingerprint density at radius 1 is 0.587 bits per heavy atom. The van der Waals surface area contributed by atoms with Crippen LogP contribution in [-0.4, -0.2) is 15.0 Å². The first-order chi connectivity index (χ1) is 22.6. The lowest BCUT2D eigenvalue weighted by Gasteiger charge is -2.13. The highest BCUT2D eigenvalue weighted by molar-refractivity contribution is 7.17. The van der Waals surface area contributed by atoms with Crippen LogP contribution in [0, 0.1) is 0 Å². The van der Waals surface area contributed by atoms with E-state index in [0.717, 1.165) is 48.5 Å². The van der Waals surface area contributed by atoms with E-state index in [1.807, 2.05) is 30.3 Å². The van der Waals surface area contributed by atoms with E-state index >= 15 is 0 Å². The van der Waals surface area contributed by atoms with Gasteiger partial charge in [0.2, 0.25) is 0 Å². The second-order valence-corrected chi connectivity index (χ2v) is 12.6. The lowest BCUT2D eigenvalue weighted by molar-refractivity contribution is 1.08. The second-order valence-electron chi connectivity index (χ2n) is 11.4. The summed E-state index contributed by atoms with van der Waals surface area (Å²) in [5.41, 5.74) is 5.14. The molecule has 4 heteroatoms. The van der Waals surface area contributed by atoms with Gasteiger partial charge in [0.15, 0.2) is 17.5 Å². The van der Waals surface area contributed by atoms with Crippen LogP contribution in [0.5, 0.6) is 0 Å². The molecule has 0 unspecified atom stereocenters. The molecule has 8 aromatic rings. The molecule has 0 atom stereocenters. The normalized spacial score (nSPS) is 12.4. The van der Waals surface area contributed by atoms with Crippen LogP contribution in [0.25, 0.3) is 84.0 Å². The number of fused-ring (bicyclic) bond motifs is 3. The maximum absolute atomic E-state index is 5.13. The fraction of sp³-hybridized carbons (Fsp3) is 0.0238. The smallest absolute Gasteiger partial charge is 0.164 e. The van der Waals surface area contributed by atoms with Crippen molar-refractivity contribution < 1.29 is 0 Å². The van der Waals surface area contributed by atoms with Crippen LogP contribution in [0.3, 0.4) is 0 Å². The van der Waals surface area contributed by atoms with E-state index in [0.29, 0.717) is 17.5 Å². The van der Waals surface area contributed by atoms with Gasteiger partial charge >= 0.3 is 0 Å². The minimum absolute atomic E-state index is 0.649. The van der Waals surface area contributed by atoms with E-state index in [4.69, 9.17) is 15.0 Å². The Morgan fingerprint density at radius 2 is 1.24 bits per heavy atom. The van der Waals surface area contributed by atoms with E-state index in [1.165, 1.54) is 20.7 Å². The van der Waals surface area contributed by atoms with Gasteiger partial charge in [-0.2, -0.15) is 0 Å². The van der Waals surface area contributed by atoms with Gasteiger partial charge in [0, 0.05) is 31.3 Å². The van der Waals surface area contributed by atoms with E-state index < -0.39 is 0 Å². The average Bonchev–Trinajstić information content (AvgIpc) is 3.44. The predicted molar refractivity (Wildman–Crippen MR) is 196 cm³/mol. The predicted octanol–water partition coefficient (Wildman–Crippen LogP) is 9.69. The SMILES string of the molecule is C=c1sc2ccccc2/c1=C/C=C(\C)c1cc(-c2nc(-c3ccccc3)nc(-c3ccc4ccccc4c3)n2)c2ccccc2c1. The standard InChI is InChI=1S/C42H29N3S/c1-27(20-23-35-28(2)46-39-19-11-10-18-37(35)39)34-25-32-16-8-9-17-36(32)38(26-34)42-44-40(30-13-4-3-5-14-30)43-41(45-42)33-22-21-29-12-6-7-15-31(29)24-33/h3-26H,2H2,1H3/b27-20+,35-23+. The monoisotopic (exact) mass is 607 g/mol. The molecule has 0 saturated heterocycles. The molecule has 0 fully saturated rings. The van der Waals surface area contributed by atoms with Gasteiger partial charge in [-0.1, -0.05) is 128 Å². The summed E-state index contributed by atoms with van der Waals surface area (Å²) in [5, 5.41) is 6.98. The van der Waals surface area contributed by atoms with Gasteiger partial charge in [-0.25, -0.2) is 15.0 Å². The molecule has 0 saturated carbocycles. The fourth-order valence-electron chi connectivity index (χ4n) is 6.00. The molecule has 2 heterocycles. The molecule has 8 rings (SSSR count). The van der Waals surface area contributed by atoms with Crippen LogP contribution in [0.2, 0.25) is 0 Å². The summed E-state index contributed by atoms with van der Waals surface area (Å²) in [7, 11) is 0. The van der Waals surface area contributed by atoms with E-state index in [2.05, 4.69) is 129 Å². The van der Waals surface area contributed by atoms with Gasteiger partial charge < -0.3 is 0 Å². The van der Waals surface area contributed by atoms with Gasteiger partial charge in [-0.15, -0.1) is 11.3 Å². The zero-order valence-electron chi connectivity index (χ0n) is 25.3. The highest BCUT2D eigenvalue weighted by atomic mass is 32.1. The maximum Gasteiger partial charge on any atom is 0.164 e. The Bertz CT molecular complexity index is 2560. The Balaban J connectivity index is 1.32. The van der Waals surface area contributed by atoms with Crippen LogP contribution in [0.4, 0.5) is 0 Å². The molecule has 0 bridgehead atoms. The molecule has 3 nitrogen and oxygen atoms in total. The van der Waals surface area contributed by atoms with Crippen molar-refractivity contribution in [1.29, 1.82) is 0 Å². The Hall–Kier alpha value is -5.71. The van der Waals surface area contributed by atoms with Crippen LogP contribution in [0.1, 0.15) is 12.5 Å². The second kappa shape index (κ2) is 11.7. The van der Waals surface area contributed by atoms with Gasteiger partial charge in [0.25, 0.3) is 0 Å². The molecule has 0 N–H and O–H groups in total. The van der Waals surface area contributed by atoms with E-state index in [1.54, 1.807) is 11.3 Å². The highest BCUT2D eigenvalue weighted by Crippen LogP contribution is 2.33. The first kappa shape index (κ1) is 27.8. The Morgan fingerprint density at radius 3 is 2.07 bits per heavy atom. The lowest BCUT2D eigenvalue weighted by atomic mass is 9.96. The molecule has 0 aliphatic rings. The number of thiophene rings is 1. The van der Waals surface area contributed by atoms with Crippen molar-refractivity contribution in [2.75, 3.05) is 0 Å². The number of hydrogen-bond acceptors (Lipinski definition) is 4. The number of hydrogen-bond donors (Lipinski definition) is 0. The van der Waals surface area contributed by atoms with Crippen LogP contribution in [-0.2, 0) is 0 Å². The zero-order valence-corrected chi connectivity index (χ0v) is 26.1. The molecule has 0 spiro atoms. The summed E-state index contributed by atoms with van der Waals surface area (Å²) < 4.78 is 2.33.